The van der Waals surface area contributed by atoms with Gasteiger partial charge in [0.25, 0.3) is 0 Å². The molecule has 0 aromatic heterocycles. The molecule has 4 heteroatoms. The Hall–Kier alpha value is -2.49. The summed E-state index contributed by atoms with van der Waals surface area (Å²) >= 11 is 0. The van der Waals surface area contributed by atoms with Gasteiger partial charge in [0.2, 0.25) is 0 Å². The molecule has 0 N–H and O–H groups in total. The van der Waals surface area contributed by atoms with Crippen molar-refractivity contribution < 1.29 is 14.3 Å². The van der Waals surface area contributed by atoms with E-state index in [9.17, 15) is 4.79 Å². The summed E-state index contributed by atoms with van der Waals surface area (Å²) in [6, 6.07) is 15.6. The number of rotatable bonds is 5. The first-order chi connectivity index (χ1) is 11.0. The van der Waals surface area contributed by atoms with Gasteiger partial charge in [-0.3, -0.25) is 0 Å². The summed E-state index contributed by atoms with van der Waals surface area (Å²) in [7, 11) is 0. The van der Waals surface area contributed by atoms with E-state index in [1.54, 1.807) is 0 Å². The van der Waals surface area contributed by atoms with E-state index in [1.807, 2.05) is 81.1 Å². The number of nitrogens with zero attached hydrogens (tertiary/aromatic N) is 1. The fourth-order valence-electron chi connectivity index (χ4n) is 2.40. The fourth-order valence-corrected chi connectivity index (χ4v) is 2.40. The van der Waals surface area contributed by atoms with Crippen molar-refractivity contribution in [3.63, 3.8) is 0 Å². The van der Waals surface area contributed by atoms with E-state index in [-0.39, 0.29) is 0 Å². The van der Waals surface area contributed by atoms with Gasteiger partial charge in [-0.15, -0.1) is 0 Å². The molecular weight excluding hydrogens is 290 g/mol. The van der Waals surface area contributed by atoms with Crippen LogP contribution in [0.15, 0.2) is 48.5 Å². The van der Waals surface area contributed by atoms with Crippen LogP contribution in [0.5, 0.6) is 5.75 Å². The van der Waals surface area contributed by atoms with E-state index in [2.05, 4.69) is 0 Å². The summed E-state index contributed by atoms with van der Waals surface area (Å²) in [5.74, 6) is 0.532. The third-order valence-corrected chi connectivity index (χ3v) is 3.67. The van der Waals surface area contributed by atoms with Crippen molar-refractivity contribution in [3.05, 3.63) is 59.7 Å². The molecule has 0 fully saturated rings. The molecule has 0 spiro atoms. The lowest BCUT2D eigenvalue weighted by molar-refractivity contribution is 0.0643. The number of anilines is 1. The van der Waals surface area contributed by atoms with Crippen molar-refractivity contribution in [1.82, 2.24) is 0 Å². The highest BCUT2D eigenvalue weighted by Crippen LogP contribution is 2.21. The molecule has 0 aliphatic rings. The molecule has 4 nitrogen and oxygen atoms in total. The Labute approximate surface area is 137 Å². The Morgan fingerprint density at radius 1 is 1.13 bits per heavy atom. The molecule has 0 amide bonds. The molecular formula is C19H23NO3. The predicted molar refractivity (Wildman–Crippen MR) is 91.9 cm³/mol. The van der Waals surface area contributed by atoms with Gasteiger partial charge >= 0.3 is 6.16 Å². The Morgan fingerprint density at radius 3 is 2.48 bits per heavy atom. The topological polar surface area (TPSA) is 38.8 Å². The van der Waals surface area contributed by atoms with Crippen LogP contribution in [-0.4, -0.2) is 18.9 Å². The molecule has 0 aliphatic carbocycles. The number of benzene rings is 2. The lowest BCUT2D eigenvalue weighted by Gasteiger charge is -2.29. The Kier molecular flexibility index (Phi) is 5.63. The second-order valence-corrected chi connectivity index (χ2v) is 5.46. The monoisotopic (exact) mass is 313 g/mol. The molecule has 2 aromatic carbocycles. The van der Waals surface area contributed by atoms with Crippen LogP contribution in [-0.2, 0) is 4.74 Å². The SMILES string of the molecule is CCN(c1ccccc1)C(C)OC(=O)Oc1cc(C)ccc1C. The number of aryl methyl sites for hydroxylation is 2. The number of carbonyl (C=O) groups is 1. The van der Waals surface area contributed by atoms with Gasteiger partial charge in [-0.1, -0.05) is 30.3 Å². The van der Waals surface area contributed by atoms with E-state index in [4.69, 9.17) is 9.47 Å². The van der Waals surface area contributed by atoms with Crippen LogP contribution in [0.2, 0.25) is 0 Å². The fraction of sp³-hybridized carbons (Fsp3) is 0.316. The number of hydrogen-bond acceptors (Lipinski definition) is 4. The maximum atomic E-state index is 12.1. The van der Waals surface area contributed by atoms with Gasteiger partial charge < -0.3 is 14.4 Å². The highest BCUT2D eigenvalue weighted by molar-refractivity contribution is 5.65. The summed E-state index contributed by atoms with van der Waals surface area (Å²) in [6.45, 7) is 8.42. The first kappa shape index (κ1) is 16.9. The smallest absolute Gasteiger partial charge is 0.410 e. The Morgan fingerprint density at radius 2 is 1.83 bits per heavy atom. The normalized spacial score (nSPS) is 11.7. The third-order valence-electron chi connectivity index (χ3n) is 3.67. The average molecular weight is 313 g/mol. The molecule has 1 atom stereocenters. The van der Waals surface area contributed by atoms with Crippen LogP contribution in [0.3, 0.4) is 0 Å². The van der Waals surface area contributed by atoms with Crippen molar-refractivity contribution in [3.8, 4) is 5.75 Å². The lowest BCUT2D eigenvalue weighted by atomic mass is 10.1. The predicted octanol–water partition coefficient (Wildman–Crippen LogP) is 4.69. The minimum absolute atomic E-state index is 0.417. The van der Waals surface area contributed by atoms with E-state index in [0.29, 0.717) is 5.75 Å². The van der Waals surface area contributed by atoms with E-state index < -0.39 is 12.4 Å². The van der Waals surface area contributed by atoms with Crippen molar-refractivity contribution in [2.75, 3.05) is 11.4 Å². The number of ether oxygens (including phenoxy) is 2. The summed E-state index contributed by atoms with van der Waals surface area (Å²) in [6.07, 6.45) is -1.11. The van der Waals surface area contributed by atoms with Crippen LogP contribution in [0.1, 0.15) is 25.0 Å². The maximum absolute atomic E-state index is 12.1. The Bertz CT molecular complexity index is 655. The van der Waals surface area contributed by atoms with Crippen LogP contribution in [0, 0.1) is 13.8 Å². The molecule has 2 aromatic rings. The summed E-state index contributed by atoms with van der Waals surface area (Å²) in [4.78, 5) is 14.1. The molecule has 122 valence electrons. The van der Waals surface area contributed by atoms with Gasteiger partial charge in [-0.25, -0.2) is 4.79 Å². The minimum atomic E-state index is -0.694. The third kappa shape index (κ3) is 4.49. The largest absolute Gasteiger partial charge is 0.515 e. The first-order valence-corrected chi connectivity index (χ1v) is 7.78. The number of hydrogen-bond donors (Lipinski definition) is 0. The van der Waals surface area contributed by atoms with Crippen molar-refractivity contribution in [2.24, 2.45) is 0 Å². The number of carbonyl (C=O) groups excluding carboxylic acids is 1. The van der Waals surface area contributed by atoms with Gasteiger partial charge in [0.1, 0.15) is 5.75 Å². The quantitative estimate of drug-likeness (QED) is 0.456. The van der Waals surface area contributed by atoms with Crippen LogP contribution in [0.4, 0.5) is 10.5 Å². The summed E-state index contributed by atoms with van der Waals surface area (Å²) in [5, 5.41) is 0. The van der Waals surface area contributed by atoms with Crippen LogP contribution < -0.4 is 9.64 Å². The zero-order chi connectivity index (χ0) is 16.8. The summed E-state index contributed by atoms with van der Waals surface area (Å²) in [5.41, 5.74) is 2.93. The zero-order valence-corrected chi connectivity index (χ0v) is 14.1. The van der Waals surface area contributed by atoms with Gasteiger partial charge in [0.15, 0.2) is 6.23 Å². The summed E-state index contributed by atoms with van der Waals surface area (Å²) < 4.78 is 10.8. The second kappa shape index (κ2) is 7.68. The molecule has 23 heavy (non-hydrogen) atoms. The van der Waals surface area contributed by atoms with Crippen LogP contribution >= 0.6 is 0 Å². The van der Waals surface area contributed by atoms with Crippen LogP contribution in [0.25, 0.3) is 0 Å². The van der Waals surface area contributed by atoms with Crippen molar-refractivity contribution in [2.45, 2.75) is 33.9 Å². The number of para-hydroxylation sites is 1. The van der Waals surface area contributed by atoms with Gasteiger partial charge in [0, 0.05) is 12.2 Å². The minimum Gasteiger partial charge on any atom is -0.410 e. The molecule has 0 radical (unpaired) electrons. The second-order valence-electron chi connectivity index (χ2n) is 5.46. The standard InChI is InChI=1S/C19H23NO3/c1-5-20(17-9-7-6-8-10-17)16(4)22-19(21)23-18-13-14(2)11-12-15(18)3/h6-13,16H,5H2,1-4H3. The van der Waals surface area contributed by atoms with E-state index in [1.165, 1.54) is 0 Å². The van der Waals surface area contributed by atoms with Gasteiger partial charge in [-0.2, -0.15) is 0 Å². The highest BCUT2D eigenvalue weighted by atomic mass is 16.7. The van der Waals surface area contributed by atoms with Gasteiger partial charge in [0.05, 0.1) is 0 Å². The first-order valence-electron chi connectivity index (χ1n) is 7.78. The van der Waals surface area contributed by atoms with E-state index >= 15 is 0 Å². The van der Waals surface area contributed by atoms with E-state index in [0.717, 1.165) is 23.4 Å². The van der Waals surface area contributed by atoms with Crippen molar-refractivity contribution in [1.29, 1.82) is 0 Å². The molecule has 0 aliphatic heterocycles. The lowest BCUT2D eigenvalue weighted by Crippen LogP contribution is -2.37. The molecule has 0 bridgehead atoms. The highest BCUT2D eigenvalue weighted by Gasteiger charge is 2.19. The van der Waals surface area contributed by atoms with Gasteiger partial charge in [-0.05, 0) is 57.0 Å². The molecule has 0 saturated heterocycles. The molecule has 0 heterocycles. The average Bonchev–Trinajstić information content (AvgIpc) is 2.52. The molecule has 2 rings (SSSR count). The maximum Gasteiger partial charge on any atom is 0.515 e. The molecule has 0 saturated carbocycles. The Balaban J connectivity index is 2.02. The molecule has 1 unspecified atom stereocenters. The van der Waals surface area contributed by atoms with Crippen molar-refractivity contribution >= 4 is 11.8 Å². The zero-order valence-electron chi connectivity index (χ0n) is 14.1.